The van der Waals surface area contributed by atoms with Crippen molar-refractivity contribution in [3.05, 3.63) is 58.9 Å². The van der Waals surface area contributed by atoms with E-state index in [0.717, 1.165) is 0 Å². The molecule has 0 saturated heterocycles. The number of rotatable bonds is 7. The van der Waals surface area contributed by atoms with Gasteiger partial charge in [0.15, 0.2) is 11.5 Å². The smallest absolute Gasteiger partial charge is 0.163 e. The average Bonchev–Trinajstić information content (AvgIpc) is 2.65. The molecule has 132 valence electrons. The molecule has 5 nitrogen and oxygen atoms in total. The van der Waals surface area contributed by atoms with Crippen LogP contribution in [0.25, 0.3) is 0 Å². The van der Waals surface area contributed by atoms with Gasteiger partial charge in [-0.3, -0.25) is 0 Å². The first-order valence-electron chi connectivity index (χ1n) is 7.83. The lowest BCUT2D eigenvalue weighted by Crippen LogP contribution is -2.25. The Kier molecular flexibility index (Phi) is 6.34. The predicted molar refractivity (Wildman–Crippen MR) is 92.0 cm³/mol. The Labute approximate surface area is 146 Å². The van der Waals surface area contributed by atoms with Crippen LogP contribution in [0.1, 0.15) is 35.8 Å². The van der Waals surface area contributed by atoms with Crippen molar-refractivity contribution >= 4 is 0 Å². The molecule has 2 atom stereocenters. The minimum Gasteiger partial charge on any atom is -0.493 e. The molecule has 0 aliphatic carbocycles. The SMILES string of the molecule is COc1cc(F)c(C(C)NCC(O)c2ccc(C#N)cc2)cc1OC. The van der Waals surface area contributed by atoms with Gasteiger partial charge in [0.1, 0.15) is 5.82 Å². The maximum absolute atomic E-state index is 14.3. The maximum Gasteiger partial charge on any atom is 0.163 e. The number of halogens is 1. The van der Waals surface area contributed by atoms with Crippen molar-refractivity contribution in [1.82, 2.24) is 5.32 Å². The maximum atomic E-state index is 14.3. The molecule has 0 bridgehead atoms. The number of aliphatic hydroxyl groups excluding tert-OH is 1. The molecule has 0 amide bonds. The van der Waals surface area contributed by atoms with Gasteiger partial charge < -0.3 is 19.9 Å². The van der Waals surface area contributed by atoms with Crippen molar-refractivity contribution in [1.29, 1.82) is 5.26 Å². The highest BCUT2D eigenvalue weighted by Gasteiger charge is 2.17. The second-order valence-corrected chi connectivity index (χ2v) is 5.61. The molecule has 6 heteroatoms. The van der Waals surface area contributed by atoms with Crippen LogP contribution in [0.15, 0.2) is 36.4 Å². The van der Waals surface area contributed by atoms with Crippen LogP contribution < -0.4 is 14.8 Å². The molecule has 2 aromatic rings. The number of aliphatic hydroxyl groups is 1. The zero-order valence-corrected chi connectivity index (χ0v) is 14.4. The summed E-state index contributed by atoms with van der Waals surface area (Å²) >= 11 is 0. The number of methoxy groups -OCH3 is 2. The van der Waals surface area contributed by atoms with Gasteiger partial charge in [0.05, 0.1) is 32.0 Å². The fourth-order valence-corrected chi connectivity index (χ4v) is 2.50. The Morgan fingerprint density at radius 3 is 2.32 bits per heavy atom. The highest BCUT2D eigenvalue weighted by molar-refractivity contribution is 5.44. The van der Waals surface area contributed by atoms with Gasteiger partial charge in [0, 0.05) is 24.2 Å². The first-order chi connectivity index (χ1) is 12.0. The molecule has 0 fully saturated rings. The number of hydrogen-bond donors (Lipinski definition) is 2. The van der Waals surface area contributed by atoms with E-state index < -0.39 is 11.9 Å². The van der Waals surface area contributed by atoms with E-state index in [4.69, 9.17) is 14.7 Å². The zero-order valence-electron chi connectivity index (χ0n) is 14.4. The Hall–Kier alpha value is -2.62. The fraction of sp³-hybridized carbons (Fsp3) is 0.316. The predicted octanol–water partition coefficient (Wildman–Crippen LogP) is 3.10. The molecule has 0 aromatic heterocycles. The number of benzene rings is 2. The average molecular weight is 344 g/mol. The standard InChI is InChI=1S/C19H21FN2O3/c1-12(15-8-18(24-2)19(25-3)9-16(15)20)22-11-17(23)14-6-4-13(10-21)5-7-14/h4-9,12,17,22-23H,11H2,1-3H3. The lowest BCUT2D eigenvalue weighted by molar-refractivity contribution is 0.170. The largest absolute Gasteiger partial charge is 0.493 e. The fourth-order valence-electron chi connectivity index (χ4n) is 2.50. The molecule has 0 radical (unpaired) electrons. The van der Waals surface area contributed by atoms with Gasteiger partial charge in [-0.15, -0.1) is 0 Å². The Bertz CT molecular complexity index is 756. The summed E-state index contributed by atoms with van der Waals surface area (Å²) in [6, 6.07) is 11.3. The van der Waals surface area contributed by atoms with Crippen LogP contribution in [-0.4, -0.2) is 25.9 Å². The zero-order chi connectivity index (χ0) is 18.4. The molecule has 0 aliphatic heterocycles. The minimum absolute atomic E-state index is 0.237. The number of nitrogens with zero attached hydrogens (tertiary/aromatic N) is 1. The highest BCUT2D eigenvalue weighted by Crippen LogP contribution is 2.32. The van der Waals surface area contributed by atoms with E-state index in [9.17, 15) is 9.50 Å². The normalized spacial score (nSPS) is 13.0. The van der Waals surface area contributed by atoms with Crippen molar-refractivity contribution in [2.75, 3.05) is 20.8 Å². The van der Waals surface area contributed by atoms with Gasteiger partial charge in [0.25, 0.3) is 0 Å². The molecule has 2 aromatic carbocycles. The van der Waals surface area contributed by atoms with Gasteiger partial charge in [-0.1, -0.05) is 12.1 Å². The van der Waals surface area contributed by atoms with E-state index in [1.54, 1.807) is 37.3 Å². The second kappa shape index (κ2) is 8.47. The quantitative estimate of drug-likeness (QED) is 0.807. The van der Waals surface area contributed by atoms with Crippen molar-refractivity contribution in [2.45, 2.75) is 19.1 Å². The summed E-state index contributed by atoms with van der Waals surface area (Å²) in [6.07, 6.45) is -0.765. The summed E-state index contributed by atoms with van der Waals surface area (Å²) in [5, 5.41) is 22.1. The van der Waals surface area contributed by atoms with Crippen LogP contribution in [0.2, 0.25) is 0 Å². The topological polar surface area (TPSA) is 74.5 Å². The number of nitrogens with one attached hydrogen (secondary N) is 1. The van der Waals surface area contributed by atoms with Crippen molar-refractivity contribution in [3.8, 4) is 17.6 Å². The second-order valence-electron chi connectivity index (χ2n) is 5.61. The summed E-state index contributed by atoms with van der Waals surface area (Å²) in [4.78, 5) is 0. The van der Waals surface area contributed by atoms with Gasteiger partial charge in [-0.25, -0.2) is 4.39 Å². The molecule has 2 N–H and O–H groups in total. The van der Waals surface area contributed by atoms with Crippen LogP contribution in [0.3, 0.4) is 0 Å². The molecule has 25 heavy (non-hydrogen) atoms. The number of ether oxygens (including phenoxy) is 2. The molecule has 0 saturated carbocycles. The van der Waals surface area contributed by atoms with Crippen molar-refractivity contribution < 1.29 is 19.0 Å². The van der Waals surface area contributed by atoms with Crippen molar-refractivity contribution in [2.24, 2.45) is 0 Å². The van der Waals surface area contributed by atoms with Crippen LogP contribution in [0, 0.1) is 17.1 Å². The van der Waals surface area contributed by atoms with Gasteiger partial charge in [-0.05, 0) is 30.7 Å². The van der Waals surface area contributed by atoms with E-state index in [1.165, 1.54) is 20.3 Å². The summed E-state index contributed by atoms with van der Waals surface area (Å²) in [7, 11) is 2.94. The van der Waals surface area contributed by atoms with Crippen LogP contribution in [-0.2, 0) is 0 Å². The summed E-state index contributed by atoms with van der Waals surface area (Å²) in [5.41, 5.74) is 1.64. The summed E-state index contributed by atoms with van der Waals surface area (Å²) in [6.45, 7) is 2.04. The third kappa shape index (κ3) is 4.47. The molecular weight excluding hydrogens is 323 g/mol. The summed E-state index contributed by atoms with van der Waals surface area (Å²) < 4.78 is 24.5. The van der Waals surface area contributed by atoms with E-state index >= 15 is 0 Å². The van der Waals surface area contributed by atoms with Gasteiger partial charge >= 0.3 is 0 Å². The van der Waals surface area contributed by atoms with E-state index in [-0.39, 0.29) is 12.6 Å². The molecule has 0 aliphatic rings. The monoisotopic (exact) mass is 344 g/mol. The van der Waals surface area contributed by atoms with E-state index in [1.807, 2.05) is 6.07 Å². The third-order valence-corrected chi connectivity index (χ3v) is 4.01. The molecule has 2 rings (SSSR count). The van der Waals surface area contributed by atoms with E-state index in [2.05, 4.69) is 5.32 Å². The molecular formula is C19H21FN2O3. The molecule has 0 heterocycles. The third-order valence-electron chi connectivity index (χ3n) is 4.01. The number of hydrogen-bond acceptors (Lipinski definition) is 5. The number of nitriles is 1. The lowest BCUT2D eigenvalue weighted by Gasteiger charge is -2.19. The Morgan fingerprint density at radius 1 is 1.16 bits per heavy atom. The molecule has 2 unspecified atom stereocenters. The van der Waals surface area contributed by atoms with Crippen molar-refractivity contribution in [3.63, 3.8) is 0 Å². The highest BCUT2D eigenvalue weighted by atomic mass is 19.1. The van der Waals surface area contributed by atoms with Crippen LogP contribution in [0.4, 0.5) is 4.39 Å². The summed E-state index contributed by atoms with van der Waals surface area (Å²) in [5.74, 6) is 0.360. The lowest BCUT2D eigenvalue weighted by atomic mass is 10.0. The van der Waals surface area contributed by atoms with Crippen LogP contribution in [0.5, 0.6) is 11.5 Å². The van der Waals surface area contributed by atoms with Gasteiger partial charge in [0.2, 0.25) is 0 Å². The van der Waals surface area contributed by atoms with Gasteiger partial charge in [-0.2, -0.15) is 5.26 Å². The van der Waals surface area contributed by atoms with Crippen LogP contribution >= 0.6 is 0 Å². The first-order valence-corrected chi connectivity index (χ1v) is 7.83. The Balaban J connectivity index is 2.06. The first kappa shape index (κ1) is 18.7. The Morgan fingerprint density at radius 2 is 1.76 bits per heavy atom. The van der Waals surface area contributed by atoms with E-state index in [0.29, 0.717) is 28.2 Å². The minimum atomic E-state index is -0.765. The molecule has 0 spiro atoms.